The Balaban J connectivity index is 3.70. The van der Waals surface area contributed by atoms with Gasteiger partial charge in [0.05, 0.1) is 12.7 Å². The SMILES string of the molecule is C=C(C)C(=O)OC(C)NCC(O)CO. The smallest absolute Gasteiger partial charge is 0.334 e. The van der Waals surface area contributed by atoms with Crippen molar-refractivity contribution in [3.8, 4) is 0 Å². The van der Waals surface area contributed by atoms with Crippen molar-refractivity contribution >= 4 is 5.97 Å². The predicted molar refractivity (Wildman–Crippen MR) is 51.5 cm³/mol. The van der Waals surface area contributed by atoms with Gasteiger partial charge in [-0.05, 0) is 13.8 Å². The monoisotopic (exact) mass is 203 g/mol. The minimum absolute atomic E-state index is 0.168. The Kier molecular flexibility index (Phi) is 6.11. The summed E-state index contributed by atoms with van der Waals surface area (Å²) >= 11 is 0. The number of carbonyl (C=O) groups excluding carboxylic acids is 1. The Hall–Kier alpha value is -0.910. The number of rotatable bonds is 6. The summed E-state index contributed by atoms with van der Waals surface area (Å²) in [4.78, 5) is 11.0. The van der Waals surface area contributed by atoms with E-state index in [9.17, 15) is 4.79 Å². The van der Waals surface area contributed by atoms with Crippen LogP contribution in [0.2, 0.25) is 0 Å². The molecule has 0 aliphatic rings. The second-order valence-corrected chi connectivity index (χ2v) is 3.07. The van der Waals surface area contributed by atoms with Gasteiger partial charge < -0.3 is 14.9 Å². The van der Waals surface area contributed by atoms with Crippen molar-refractivity contribution in [2.45, 2.75) is 26.2 Å². The number of esters is 1. The lowest BCUT2D eigenvalue weighted by molar-refractivity contribution is -0.145. The molecular formula is C9H17NO4. The maximum Gasteiger partial charge on any atom is 0.334 e. The Morgan fingerprint density at radius 1 is 1.64 bits per heavy atom. The second kappa shape index (κ2) is 6.53. The van der Waals surface area contributed by atoms with Gasteiger partial charge >= 0.3 is 5.97 Å². The van der Waals surface area contributed by atoms with Crippen molar-refractivity contribution in [3.05, 3.63) is 12.2 Å². The summed E-state index contributed by atoms with van der Waals surface area (Å²) in [5, 5.41) is 20.2. The van der Waals surface area contributed by atoms with Gasteiger partial charge in [-0.15, -0.1) is 0 Å². The fourth-order valence-electron chi connectivity index (χ4n) is 0.669. The molecule has 0 saturated heterocycles. The van der Waals surface area contributed by atoms with Crippen LogP contribution in [0.25, 0.3) is 0 Å². The Labute approximate surface area is 83.4 Å². The van der Waals surface area contributed by atoms with E-state index in [1.54, 1.807) is 13.8 Å². The van der Waals surface area contributed by atoms with Crippen molar-refractivity contribution in [3.63, 3.8) is 0 Å². The fourth-order valence-corrected chi connectivity index (χ4v) is 0.669. The van der Waals surface area contributed by atoms with Crippen LogP contribution in [-0.2, 0) is 9.53 Å². The van der Waals surface area contributed by atoms with Gasteiger partial charge in [-0.2, -0.15) is 0 Å². The van der Waals surface area contributed by atoms with E-state index in [2.05, 4.69) is 11.9 Å². The molecule has 5 nitrogen and oxygen atoms in total. The molecule has 0 rings (SSSR count). The lowest BCUT2D eigenvalue weighted by atomic mass is 10.3. The molecule has 82 valence electrons. The van der Waals surface area contributed by atoms with Gasteiger partial charge in [0, 0.05) is 12.1 Å². The Morgan fingerprint density at radius 3 is 2.64 bits per heavy atom. The number of hydrogen-bond donors (Lipinski definition) is 3. The zero-order chi connectivity index (χ0) is 11.1. The van der Waals surface area contributed by atoms with Gasteiger partial charge in [0.2, 0.25) is 0 Å². The van der Waals surface area contributed by atoms with Crippen LogP contribution in [0.4, 0.5) is 0 Å². The van der Waals surface area contributed by atoms with E-state index < -0.39 is 18.3 Å². The molecule has 0 amide bonds. The first kappa shape index (κ1) is 13.1. The lowest BCUT2D eigenvalue weighted by Gasteiger charge is -2.16. The number of aliphatic hydroxyl groups is 2. The van der Waals surface area contributed by atoms with E-state index in [1.165, 1.54) is 0 Å². The summed E-state index contributed by atoms with van der Waals surface area (Å²) in [6.07, 6.45) is -1.36. The van der Waals surface area contributed by atoms with Gasteiger partial charge in [0.25, 0.3) is 0 Å². The Morgan fingerprint density at radius 2 is 2.21 bits per heavy atom. The van der Waals surface area contributed by atoms with Crippen LogP contribution in [0.15, 0.2) is 12.2 Å². The third kappa shape index (κ3) is 5.69. The average molecular weight is 203 g/mol. The summed E-state index contributed by atoms with van der Waals surface area (Å²) in [5.41, 5.74) is 0.321. The highest BCUT2D eigenvalue weighted by atomic mass is 16.6. The first-order valence-corrected chi connectivity index (χ1v) is 4.36. The summed E-state index contributed by atoms with van der Waals surface area (Å²) in [7, 11) is 0. The van der Waals surface area contributed by atoms with Gasteiger partial charge in [0.1, 0.15) is 0 Å². The zero-order valence-electron chi connectivity index (χ0n) is 8.49. The van der Waals surface area contributed by atoms with E-state index in [0.29, 0.717) is 5.57 Å². The van der Waals surface area contributed by atoms with Gasteiger partial charge in [-0.3, -0.25) is 5.32 Å². The zero-order valence-corrected chi connectivity index (χ0v) is 8.49. The average Bonchev–Trinajstić information content (AvgIpc) is 2.13. The molecule has 0 aromatic carbocycles. The molecular weight excluding hydrogens is 186 g/mol. The molecule has 2 atom stereocenters. The number of carbonyl (C=O) groups is 1. The number of aliphatic hydroxyl groups excluding tert-OH is 2. The van der Waals surface area contributed by atoms with Gasteiger partial charge in [-0.25, -0.2) is 4.79 Å². The molecule has 5 heteroatoms. The van der Waals surface area contributed by atoms with Gasteiger partial charge in [-0.1, -0.05) is 6.58 Å². The quantitative estimate of drug-likeness (QED) is 0.305. The molecule has 0 bridgehead atoms. The van der Waals surface area contributed by atoms with E-state index in [-0.39, 0.29) is 13.2 Å². The normalized spacial score (nSPS) is 14.6. The fraction of sp³-hybridized carbons (Fsp3) is 0.667. The summed E-state index contributed by atoms with van der Waals surface area (Å²) in [6.45, 7) is 6.45. The van der Waals surface area contributed by atoms with Crippen molar-refractivity contribution < 1.29 is 19.7 Å². The van der Waals surface area contributed by atoms with E-state index in [4.69, 9.17) is 14.9 Å². The van der Waals surface area contributed by atoms with Crippen molar-refractivity contribution in [1.29, 1.82) is 0 Å². The highest BCUT2D eigenvalue weighted by molar-refractivity contribution is 5.87. The van der Waals surface area contributed by atoms with E-state index in [1.807, 2.05) is 0 Å². The molecule has 0 aliphatic heterocycles. The first-order valence-electron chi connectivity index (χ1n) is 4.36. The van der Waals surface area contributed by atoms with E-state index in [0.717, 1.165) is 0 Å². The predicted octanol–water partition coefficient (Wildman–Crippen LogP) is -0.606. The van der Waals surface area contributed by atoms with Crippen LogP contribution in [-0.4, -0.2) is 41.7 Å². The molecule has 3 N–H and O–H groups in total. The molecule has 0 fully saturated rings. The third-order valence-corrected chi connectivity index (χ3v) is 1.48. The van der Waals surface area contributed by atoms with Crippen molar-refractivity contribution in [2.24, 2.45) is 0 Å². The molecule has 0 spiro atoms. The molecule has 0 aromatic heterocycles. The molecule has 14 heavy (non-hydrogen) atoms. The number of ether oxygens (including phenoxy) is 1. The highest BCUT2D eigenvalue weighted by Crippen LogP contribution is 1.95. The molecule has 0 radical (unpaired) electrons. The van der Waals surface area contributed by atoms with Crippen molar-refractivity contribution in [1.82, 2.24) is 5.32 Å². The van der Waals surface area contributed by atoms with Crippen LogP contribution >= 0.6 is 0 Å². The number of nitrogens with one attached hydrogen (secondary N) is 1. The molecule has 0 saturated carbocycles. The summed E-state index contributed by atoms with van der Waals surface area (Å²) in [5.74, 6) is -0.483. The minimum Gasteiger partial charge on any atom is -0.444 e. The summed E-state index contributed by atoms with van der Waals surface area (Å²) in [6, 6.07) is 0. The van der Waals surface area contributed by atoms with Gasteiger partial charge in [0.15, 0.2) is 6.23 Å². The second-order valence-electron chi connectivity index (χ2n) is 3.07. The van der Waals surface area contributed by atoms with Crippen molar-refractivity contribution in [2.75, 3.05) is 13.2 Å². The molecule has 0 aromatic rings. The lowest BCUT2D eigenvalue weighted by Crippen LogP contribution is -2.38. The maximum absolute atomic E-state index is 11.0. The highest BCUT2D eigenvalue weighted by Gasteiger charge is 2.10. The first-order chi connectivity index (χ1) is 6.47. The maximum atomic E-state index is 11.0. The molecule has 2 unspecified atom stereocenters. The standard InChI is InChI=1S/C9H17NO4/c1-6(2)9(13)14-7(3)10-4-8(12)5-11/h7-8,10-12H,1,4-5H2,2-3H3. The van der Waals surface area contributed by atoms with Crippen LogP contribution in [0.3, 0.4) is 0 Å². The Bertz CT molecular complexity index is 205. The van der Waals surface area contributed by atoms with Crippen LogP contribution in [0.5, 0.6) is 0 Å². The topological polar surface area (TPSA) is 78.8 Å². The van der Waals surface area contributed by atoms with Crippen LogP contribution in [0, 0.1) is 0 Å². The third-order valence-electron chi connectivity index (χ3n) is 1.48. The summed E-state index contributed by atoms with van der Waals surface area (Å²) < 4.78 is 4.86. The minimum atomic E-state index is -0.846. The molecule has 0 aliphatic carbocycles. The van der Waals surface area contributed by atoms with Crippen LogP contribution < -0.4 is 5.32 Å². The number of hydrogen-bond acceptors (Lipinski definition) is 5. The largest absolute Gasteiger partial charge is 0.444 e. The molecule has 0 heterocycles. The van der Waals surface area contributed by atoms with E-state index >= 15 is 0 Å². The van der Waals surface area contributed by atoms with Crippen LogP contribution in [0.1, 0.15) is 13.8 Å².